The topological polar surface area (TPSA) is 85.3 Å². The first-order valence-corrected chi connectivity index (χ1v) is 9.26. The van der Waals surface area contributed by atoms with E-state index in [2.05, 4.69) is 15.3 Å². The fourth-order valence-electron chi connectivity index (χ4n) is 3.29. The summed E-state index contributed by atoms with van der Waals surface area (Å²) in [7, 11) is 0. The van der Waals surface area contributed by atoms with Gasteiger partial charge in [-0.05, 0) is 12.8 Å². The van der Waals surface area contributed by atoms with E-state index < -0.39 is 0 Å². The molecule has 0 bridgehead atoms. The van der Waals surface area contributed by atoms with Gasteiger partial charge >= 0.3 is 0 Å². The average Bonchev–Trinajstić information content (AvgIpc) is 3.38. The van der Waals surface area contributed by atoms with E-state index in [1.54, 1.807) is 11.0 Å². The van der Waals surface area contributed by atoms with Crippen LogP contribution in [0, 0.1) is 0 Å². The van der Waals surface area contributed by atoms with Gasteiger partial charge in [0.25, 0.3) is 5.91 Å². The standard InChI is InChI=1S/C20H22N4O3/c1-13(2)17-11-16(22-26-17)20(25)24-10-6-9-15(12-24)19-21-18(23-27-19)14-7-4-3-5-8-14/h3-5,7-8,11,13,15H,6,9-10,12H2,1-2H3/t15-/m1/s1. The van der Waals surface area contributed by atoms with E-state index >= 15 is 0 Å². The highest BCUT2D eigenvalue weighted by Gasteiger charge is 2.30. The molecule has 140 valence electrons. The summed E-state index contributed by atoms with van der Waals surface area (Å²) in [6.45, 7) is 5.25. The van der Waals surface area contributed by atoms with Gasteiger partial charge in [-0.2, -0.15) is 4.98 Å². The van der Waals surface area contributed by atoms with Gasteiger partial charge in [0.05, 0.1) is 5.92 Å². The number of rotatable bonds is 4. The second-order valence-corrected chi connectivity index (χ2v) is 7.18. The Kier molecular flexibility index (Phi) is 4.75. The van der Waals surface area contributed by atoms with Crippen molar-refractivity contribution in [3.63, 3.8) is 0 Å². The molecular formula is C20H22N4O3. The molecule has 4 rings (SSSR count). The van der Waals surface area contributed by atoms with E-state index in [-0.39, 0.29) is 17.7 Å². The van der Waals surface area contributed by atoms with Gasteiger partial charge < -0.3 is 13.9 Å². The Labute approximate surface area is 157 Å². The van der Waals surface area contributed by atoms with Crippen molar-refractivity contribution in [1.29, 1.82) is 0 Å². The van der Waals surface area contributed by atoms with Crippen LogP contribution in [0.3, 0.4) is 0 Å². The minimum Gasteiger partial charge on any atom is -0.360 e. The maximum atomic E-state index is 12.8. The van der Waals surface area contributed by atoms with Crippen molar-refractivity contribution in [2.75, 3.05) is 13.1 Å². The molecule has 1 aromatic carbocycles. The summed E-state index contributed by atoms with van der Waals surface area (Å²) in [4.78, 5) is 19.1. The molecule has 1 amide bonds. The highest BCUT2D eigenvalue weighted by atomic mass is 16.5. The number of nitrogens with zero attached hydrogens (tertiary/aromatic N) is 4. The van der Waals surface area contributed by atoms with Crippen LogP contribution in [0.15, 0.2) is 45.4 Å². The lowest BCUT2D eigenvalue weighted by Crippen LogP contribution is -2.39. The molecule has 1 aliphatic rings. The number of aromatic nitrogens is 3. The van der Waals surface area contributed by atoms with E-state index in [1.165, 1.54) is 0 Å². The Bertz CT molecular complexity index is 916. The molecule has 7 heteroatoms. The lowest BCUT2D eigenvalue weighted by Gasteiger charge is -2.30. The Morgan fingerprint density at radius 3 is 2.74 bits per heavy atom. The Morgan fingerprint density at radius 2 is 2.00 bits per heavy atom. The summed E-state index contributed by atoms with van der Waals surface area (Å²) in [6, 6.07) is 11.5. The zero-order chi connectivity index (χ0) is 18.8. The molecule has 1 atom stereocenters. The van der Waals surface area contributed by atoms with Gasteiger partial charge in [-0.3, -0.25) is 4.79 Å². The SMILES string of the molecule is CC(C)c1cc(C(=O)N2CCC[C@@H](c3nc(-c4ccccc4)no3)C2)no1. The van der Waals surface area contributed by atoms with Crippen LogP contribution in [0.5, 0.6) is 0 Å². The van der Waals surface area contributed by atoms with Crippen molar-refractivity contribution in [1.82, 2.24) is 20.2 Å². The van der Waals surface area contributed by atoms with E-state index in [1.807, 2.05) is 44.2 Å². The molecule has 2 aromatic heterocycles. The van der Waals surface area contributed by atoms with E-state index in [9.17, 15) is 4.79 Å². The maximum absolute atomic E-state index is 12.8. The first-order valence-electron chi connectivity index (χ1n) is 9.26. The van der Waals surface area contributed by atoms with E-state index in [0.717, 1.165) is 24.2 Å². The van der Waals surface area contributed by atoms with Crippen molar-refractivity contribution in [3.05, 3.63) is 53.7 Å². The fourth-order valence-corrected chi connectivity index (χ4v) is 3.29. The predicted molar refractivity (Wildman–Crippen MR) is 98.2 cm³/mol. The minimum atomic E-state index is -0.113. The molecule has 1 saturated heterocycles. The van der Waals surface area contributed by atoms with Gasteiger partial charge in [0.1, 0.15) is 5.76 Å². The quantitative estimate of drug-likeness (QED) is 0.697. The molecule has 0 radical (unpaired) electrons. The van der Waals surface area contributed by atoms with Gasteiger partial charge in [0.2, 0.25) is 11.7 Å². The molecule has 0 N–H and O–H groups in total. The van der Waals surface area contributed by atoms with Crippen molar-refractivity contribution in [3.8, 4) is 11.4 Å². The number of carbonyl (C=O) groups excluding carboxylic acids is 1. The summed E-state index contributed by atoms with van der Waals surface area (Å²) in [5, 5.41) is 8.03. The summed E-state index contributed by atoms with van der Waals surface area (Å²) >= 11 is 0. The monoisotopic (exact) mass is 366 g/mol. The average molecular weight is 366 g/mol. The molecule has 7 nitrogen and oxygen atoms in total. The first-order chi connectivity index (χ1) is 13.1. The largest absolute Gasteiger partial charge is 0.360 e. The van der Waals surface area contributed by atoms with Gasteiger partial charge in [0.15, 0.2) is 5.69 Å². The molecule has 3 aromatic rings. The molecule has 1 aliphatic heterocycles. The van der Waals surface area contributed by atoms with E-state index in [0.29, 0.717) is 30.5 Å². The van der Waals surface area contributed by atoms with Crippen LogP contribution in [-0.2, 0) is 0 Å². The fraction of sp³-hybridized carbons (Fsp3) is 0.400. The van der Waals surface area contributed by atoms with Crippen LogP contribution in [0.25, 0.3) is 11.4 Å². The van der Waals surface area contributed by atoms with Crippen LogP contribution in [0.4, 0.5) is 0 Å². The van der Waals surface area contributed by atoms with E-state index in [4.69, 9.17) is 9.05 Å². The third kappa shape index (κ3) is 3.63. The molecular weight excluding hydrogens is 344 g/mol. The van der Waals surface area contributed by atoms with Crippen LogP contribution in [0.1, 0.15) is 60.7 Å². The second kappa shape index (κ2) is 7.34. The number of hydrogen-bond donors (Lipinski definition) is 0. The molecule has 0 aliphatic carbocycles. The predicted octanol–water partition coefficient (Wildman–Crippen LogP) is 3.87. The minimum absolute atomic E-state index is 0.0316. The van der Waals surface area contributed by atoms with Gasteiger partial charge in [-0.1, -0.05) is 54.5 Å². The molecule has 0 saturated carbocycles. The highest BCUT2D eigenvalue weighted by Crippen LogP contribution is 2.28. The number of carbonyl (C=O) groups is 1. The van der Waals surface area contributed by atoms with Crippen molar-refractivity contribution < 1.29 is 13.8 Å². The number of likely N-dealkylation sites (tertiary alicyclic amines) is 1. The second-order valence-electron chi connectivity index (χ2n) is 7.18. The summed E-state index contributed by atoms with van der Waals surface area (Å²) < 4.78 is 10.8. The first kappa shape index (κ1) is 17.5. The third-order valence-corrected chi connectivity index (χ3v) is 4.85. The highest BCUT2D eigenvalue weighted by molar-refractivity contribution is 5.92. The zero-order valence-corrected chi connectivity index (χ0v) is 15.5. The van der Waals surface area contributed by atoms with Crippen LogP contribution >= 0.6 is 0 Å². The van der Waals surface area contributed by atoms with Crippen LogP contribution < -0.4 is 0 Å². The smallest absolute Gasteiger partial charge is 0.276 e. The number of piperidine rings is 1. The van der Waals surface area contributed by atoms with Gasteiger partial charge in [0, 0.05) is 30.6 Å². The summed E-state index contributed by atoms with van der Waals surface area (Å²) in [5.41, 5.74) is 1.27. The van der Waals surface area contributed by atoms with Gasteiger partial charge in [-0.15, -0.1) is 0 Å². The van der Waals surface area contributed by atoms with Crippen LogP contribution in [-0.4, -0.2) is 39.2 Å². The third-order valence-electron chi connectivity index (χ3n) is 4.85. The van der Waals surface area contributed by atoms with Crippen molar-refractivity contribution >= 4 is 5.91 Å². The number of hydrogen-bond acceptors (Lipinski definition) is 6. The Hall–Kier alpha value is -2.96. The number of benzene rings is 1. The van der Waals surface area contributed by atoms with Crippen molar-refractivity contribution in [2.45, 2.75) is 38.5 Å². The lowest BCUT2D eigenvalue weighted by molar-refractivity contribution is 0.0685. The Morgan fingerprint density at radius 1 is 1.19 bits per heavy atom. The summed E-state index contributed by atoms with van der Waals surface area (Å²) in [6.07, 6.45) is 1.80. The molecule has 27 heavy (non-hydrogen) atoms. The van der Waals surface area contributed by atoms with Crippen molar-refractivity contribution in [2.24, 2.45) is 0 Å². The van der Waals surface area contributed by atoms with Gasteiger partial charge in [-0.25, -0.2) is 0 Å². The molecule has 0 unspecified atom stereocenters. The molecule has 1 fully saturated rings. The molecule has 3 heterocycles. The zero-order valence-electron chi connectivity index (χ0n) is 15.5. The maximum Gasteiger partial charge on any atom is 0.276 e. The lowest BCUT2D eigenvalue weighted by atomic mass is 9.97. The normalized spacial score (nSPS) is 17.4. The number of amides is 1. The van der Waals surface area contributed by atoms with Crippen LogP contribution in [0.2, 0.25) is 0 Å². The summed E-state index contributed by atoms with van der Waals surface area (Å²) in [5.74, 6) is 1.99. The molecule has 0 spiro atoms. The Balaban J connectivity index is 1.48.